The molecule has 1 unspecified atom stereocenters. The van der Waals surface area contributed by atoms with E-state index in [9.17, 15) is 4.79 Å². The van der Waals surface area contributed by atoms with Gasteiger partial charge in [-0.2, -0.15) is 0 Å². The Morgan fingerprint density at radius 1 is 1.56 bits per heavy atom. The van der Waals surface area contributed by atoms with Crippen molar-refractivity contribution in [1.82, 2.24) is 4.98 Å². The van der Waals surface area contributed by atoms with E-state index >= 15 is 0 Å². The van der Waals surface area contributed by atoms with Gasteiger partial charge >= 0.3 is 5.97 Å². The molecule has 2 aromatic rings. The van der Waals surface area contributed by atoms with Crippen LogP contribution in [0, 0.1) is 0 Å². The number of aromatic nitrogens is 1. The van der Waals surface area contributed by atoms with E-state index in [1.54, 1.807) is 16.7 Å². The number of hydrogen-bond acceptors (Lipinski definition) is 6. The van der Waals surface area contributed by atoms with Gasteiger partial charge in [-0.05, 0) is 18.4 Å². The summed E-state index contributed by atoms with van der Waals surface area (Å²) in [7, 11) is 1.36. The van der Waals surface area contributed by atoms with Gasteiger partial charge in [0.2, 0.25) is 0 Å². The van der Waals surface area contributed by atoms with Crippen LogP contribution in [0.1, 0.15) is 22.3 Å². The van der Waals surface area contributed by atoms with Crippen LogP contribution in [0.3, 0.4) is 0 Å². The quantitative estimate of drug-likeness (QED) is 0.856. The highest BCUT2D eigenvalue weighted by atomic mass is 32.1. The summed E-state index contributed by atoms with van der Waals surface area (Å²) in [5.74, 6) is -0.398. The molecule has 0 saturated carbocycles. The van der Waals surface area contributed by atoms with Gasteiger partial charge in [0.25, 0.3) is 0 Å². The van der Waals surface area contributed by atoms with Crippen LogP contribution in [0.25, 0.3) is 0 Å². The highest BCUT2D eigenvalue weighted by Crippen LogP contribution is 2.19. The van der Waals surface area contributed by atoms with Crippen LogP contribution in [-0.4, -0.2) is 24.1 Å². The number of nitrogens with zero attached hydrogens (tertiary/aromatic N) is 1. The van der Waals surface area contributed by atoms with Crippen molar-refractivity contribution in [3.05, 3.63) is 33.5 Å². The minimum atomic E-state index is -0.398. The standard InChI is InChI=1S/C12H14N2O2S2/c1-8(6-9-4-3-5-17-9)13-12-14-10(7-18-12)11(15)16-2/h3-5,7-8H,6H2,1-2H3,(H,13,14). The summed E-state index contributed by atoms with van der Waals surface area (Å²) >= 11 is 3.16. The Morgan fingerprint density at radius 2 is 2.39 bits per heavy atom. The molecule has 0 fully saturated rings. The van der Waals surface area contributed by atoms with Crippen LogP contribution in [0.2, 0.25) is 0 Å². The zero-order valence-electron chi connectivity index (χ0n) is 10.2. The summed E-state index contributed by atoms with van der Waals surface area (Å²) in [6.45, 7) is 2.10. The lowest BCUT2D eigenvalue weighted by molar-refractivity contribution is 0.0595. The smallest absolute Gasteiger partial charge is 0.357 e. The number of thiophene rings is 1. The fourth-order valence-corrected chi connectivity index (χ4v) is 3.16. The Labute approximate surface area is 114 Å². The molecule has 1 atom stereocenters. The fraction of sp³-hybridized carbons (Fsp3) is 0.333. The number of anilines is 1. The average Bonchev–Trinajstić information content (AvgIpc) is 2.99. The number of thiazole rings is 1. The van der Waals surface area contributed by atoms with Crippen LogP contribution in [0.5, 0.6) is 0 Å². The van der Waals surface area contributed by atoms with E-state index in [0.717, 1.165) is 11.6 Å². The van der Waals surface area contributed by atoms with Gasteiger partial charge < -0.3 is 10.1 Å². The molecule has 2 heterocycles. The van der Waals surface area contributed by atoms with Crippen molar-refractivity contribution in [2.75, 3.05) is 12.4 Å². The second-order valence-corrected chi connectivity index (χ2v) is 5.75. The molecular formula is C12H14N2O2S2. The topological polar surface area (TPSA) is 51.2 Å². The van der Waals surface area contributed by atoms with Crippen LogP contribution >= 0.6 is 22.7 Å². The Kier molecular flexibility index (Phi) is 4.33. The van der Waals surface area contributed by atoms with Gasteiger partial charge in [0.1, 0.15) is 0 Å². The average molecular weight is 282 g/mol. The van der Waals surface area contributed by atoms with Gasteiger partial charge in [-0.1, -0.05) is 6.07 Å². The van der Waals surface area contributed by atoms with Crippen molar-refractivity contribution in [3.63, 3.8) is 0 Å². The van der Waals surface area contributed by atoms with E-state index in [2.05, 4.69) is 33.4 Å². The van der Waals surface area contributed by atoms with Crippen molar-refractivity contribution in [2.24, 2.45) is 0 Å². The molecule has 1 N–H and O–H groups in total. The molecule has 0 radical (unpaired) electrons. The zero-order chi connectivity index (χ0) is 13.0. The van der Waals surface area contributed by atoms with Crippen molar-refractivity contribution in [3.8, 4) is 0 Å². The van der Waals surface area contributed by atoms with Crippen molar-refractivity contribution >= 4 is 33.8 Å². The molecule has 4 nitrogen and oxygen atoms in total. The van der Waals surface area contributed by atoms with Crippen LogP contribution in [0.4, 0.5) is 5.13 Å². The molecule has 0 aliphatic rings. The molecule has 96 valence electrons. The third-order valence-corrected chi connectivity index (χ3v) is 4.03. The third-order valence-electron chi connectivity index (χ3n) is 2.36. The normalized spacial score (nSPS) is 12.1. The number of carbonyl (C=O) groups excluding carboxylic acids is 1. The van der Waals surface area contributed by atoms with Gasteiger partial charge in [0.05, 0.1) is 7.11 Å². The van der Waals surface area contributed by atoms with E-state index in [4.69, 9.17) is 0 Å². The van der Waals surface area contributed by atoms with Gasteiger partial charge in [0.15, 0.2) is 10.8 Å². The predicted molar refractivity (Wildman–Crippen MR) is 74.6 cm³/mol. The summed E-state index contributed by atoms with van der Waals surface area (Å²) in [5.41, 5.74) is 0.355. The molecule has 0 aliphatic carbocycles. The Hall–Kier alpha value is -1.40. The number of rotatable bonds is 5. The maximum absolute atomic E-state index is 11.3. The lowest BCUT2D eigenvalue weighted by atomic mass is 10.2. The minimum Gasteiger partial charge on any atom is -0.464 e. The van der Waals surface area contributed by atoms with Crippen LogP contribution in [-0.2, 0) is 11.2 Å². The summed E-state index contributed by atoms with van der Waals surface area (Å²) in [4.78, 5) is 16.8. The van der Waals surface area contributed by atoms with E-state index in [0.29, 0.717) is 5.69 Å². The second kappa shape index (κ2) is 5.97. The van der Waals surface area contributed by atoms with E-state index in [-0.39, 0.29) is 6.04 Å². The first-order valence-electron chi connectivity index (χ1n) is 5.52. The number of hydrogen-bond donors (Lipinski definition) is 1. The molecule has 0 amide bonds. The molecule has 0 saturated heterocycles. The summed E-state index contributed by atoms with van der Waals surface area (Å²) < 4.78 is 4.62. The summed E-state index contributed by atoms with van der Waals surface area (Å²) in [6, 6.07) is 4.44. The maximum Gasteiger partial charge on any atom is 0.357 e. The number of ether oxygens (including phenoxy) is 1. The van der Waals surface area contributed by atoms with E-state index < -0.39 is 5.97 Å². The van der Waals surface area contributed by atoms with Gasteiger partial charge in [0, 0.05) is 22.7 Å². The highest BCUT2D eigenvalue weighted by Gasteiger charge is 2.12. The van der Waals surface area contributed by atoms with Crippen LogP contribution < -0.4 is 5.32 Å². The van der Waals surface area contributed by atoms with Gasteiger partial charge in [-0.3, -0.25) is 0 Å². The van der Waals surface area contributed by atoms with Gasteiger partial charge in [-0.25, -0.2) is 9.78 Å². The molecule has 0 aromatic carbocycles. The number of esters is 1. The Balaban J connectivity index is 1.92. The van der Waals surface area contributed by atoms with Gasteiger partial charge in [-0.15, -0.1) is 22.7 Å². The third kappa shape index (κ3) is 3.30. The summed E-state index contributed by atoms with van der Waals surface area (Å²) in [6.07, 6.45) is 0.949. The number of carbonyl (C=O) groups is 1. The maximum atomic E-state index is 11.3. The van der Waals surface area contributed by atoms with E-state index in [1.807, 2.05) is 6.07 Å². The first-order valence-corrected chi connectivity index (χ1v) is 7.27. The first-order chi connectivity index (χ1) is 8.69. The van der Waals surface area contributed by atoms with Crippen LogP contribution in [0.15, 0.2) is 22.9 Å². The molecular weight excluding hydrogens is 268 g/mol. The Bertz CT molecular complexity index is 508. The first kappa shape index (κ1) is 13.0. The fourth-order valence-electron chi connectivity index (χ4n) is 1.53. The van der Waals surface area contributed by atoms with Crippen molar-refractivity contribution < 1.29 is 9.53 Å². The van der Waals surface area contributed by atoms with Crippen molar-refractivity contribution in [2.45, 2.75) is 19.4 Å². The molecule has 0 aliphatic heterocycles. The molecule has 0 bridgehead atoms. The highest BCUT2D eigenvalue weighted by molar-refractivity contribution is 7.13. The molecule has 6 heteroatoms. The number of methoxy groups -OCH3 is 1. The molecule has 0 spiro atoms. The predicted octanol–water partition coefficient (Wildman–Crippen LogP) is 3.03. The SMILES string of the molecule is COC(=O)c1csc(NC(C)Cc2cccs2)n1. The lowest BCUT2D eigenvalue weighted by Crippen LogP contribution is -2.17. The second-order valence-electron chi connectivity index (χ2n) is 3.86. The van der Waals surface area contributed by atoms with E-state index in [1.165, 1.54) is 23.3 Å². The Morgan fingerprint density at radius 3 is 3.06 bits per heavy atom. The minimum absolute atomic E-state index is 0.278. The molecule has 18 heavy (non-hydrogen) atoms. The largest absolute Gasteiger partial charge is 0.464 e. The molecule has 2 aromatic heterocycles. The van der Waals surface area contributed by atoms with Crippen molar-refractivity contribution in [1.29, 1.82) is 0 Å². The monoisotopic (exact) mass is 282 g/mol. The molecule has 2 rings (SSSR count). The summed E-state index contributed by atoms with van der Waals surface area (Å²) in [5, 5.41) is 7.81. The lowest BCUT2D eigenvalue weighted by Gasteiger charge is -2.11. The number of nitrogens with one attached hydrogen (secondary N) is 1. The zero-order valence-corrected chi connectivity index (χ0v) is 11.8.